The highest BCUT2D eigenvalue weighted by atomic mass is 16.2. The van der Waals surface area contributed by atoms with Crippen LogP contribution in [0.15, 0.2) is 60.7 Å². The topological polar surface area (TPSA) is 34.1 Å². The van der Waals surface area contributed by atoms with Crippen LogP contribution in [-0.4, -0.2) is 11.6 Å². The average molecular weight is 234 g/mol. The molecule has 0 fully saturated rings. The first kappa shape index (κ1) is 10.7. The van der Waals surface area contributed by atoms with Crippen LogP contribution in [0.4, 0.5) is 0 Å². The van der Waals surface area contributed by atoms with Gasteiger partial charge in [-0.1, -0.05) is 43.0 Å². The van der Waals surface area contributed by atoms with Crippen LogP contribution in [0.3, 0.4) is 0 Å². The third-order valence-electron chi connectivity index (χ3n) is 3.16. The van der Waals surface area contributed by atoms with Crippen molar-refractivity contribution >= 4 is 11.6 Å². The number of Topliss-reactive ketones (excluding diaryl/α,β-unsaturated/α-hetero) is 2. The number of hydrogen-bond donors (Lipinski definition) is 0. The van der Waals surface area contributed by atoms with Crippen LogP contribution in [0, 0.1) is 0 Å². The van der Waals surface area contributed by atoms with Gasteiger partial charge in [0.25, 0.3) is 0 Å². The summed E-state index contributed by atoms with van der Waals surface area (Å²) in [6.45, 7) is 3.53. The number of ketones is 2. The summed E-state index contributed by atoms with van der Waals surface area (Å²) < 4.78 is 0. The summed E-state index contributed by atoms with van der Waals surface area (Å²) in [5, 5.41) is 0. The molecule has 0 spiro atoms. The molecule has 0 saturated carbocycles. The highest BCUT2D eigenvalue weighted by molar-refractivity contribution is 6.39. The Balaban J connectivity index is 2.17. The molecule has 0 N–H and O–H groups in total. The van der Waals surface area contributed by atoms with Crippen molar-refractivity contribution in [3.8, 4) is 11.1 Å². The molecule has 0 unspecified atom stereocenters. The first-order chi connectivity index (χ1) is 8.68. The molecule has 0 radical (unpaired) electrons. The van der Waals surface area contributed by atoms with E-state index in [1.165, 1.54) is 0 Å². The van der Waals surface area contributed by atoms with Crippen molar-refractivity contribution in [2.75, 3.05) is 0 Å². The molecule has 2 nitrogen and oxygen atoms in total. The van der Waals surface area contributed by atoms with Crippen molar-refractivity contribution in [2.45, 2.75) is 0 Å². The fraction of sp³-hybridized carbons (Fsp3) is 0. The Morgan fingerprint density at radius 2 is 1.39 bits per heavy atom. The summed E-state index contributed by atoms with van der Waals surface area (Å²) in [5.41, 5.74) is 2.95. The lowest BCUT2D eigenvalue weighted by molar-refractivity contribution is 0.0989. The van der Waals surface area contributed by atoms with E-state index >= 15 is 0 Å². The lowest BCUT2D eigenvalue weighted by Gasteiger charge is -2.03. The molecule has 0 amide bonds. The van der Waals surface area contributed by atoms with E-state index in [0.717, 1.165) is 11.1 Å². The van der Waals surface area contributed by atoms with E-state index in [2.05, 4.69) is 6.58 Å². The van der Waals surface area contributed by atoms with E-state index in [9.17, 15) is 9.59 Å². The van der Waals surface area contributed by atoms with Crippen LogP contribution in [0.1, 0.15) is 20.7 Å². The molecule has 0 aromatic heterocycles. The standard InChI is InChI=1S/C16H10O2/c1-10-15(17)13-8-7-12(9-14(13)16(10)18)11-5-3-2-4-6-11/h2-9H,1H2. The smallest absolute Gasteiger partial charge is 0.197 e. The van der Waals surface area contributed by atoms with Crippen LogP contribution >= 0.6 is 0 Å². The van der Waals surface area contributed by atoms with Gasteiger partial charge in [-0.3, -0.25) is 9.59 Å². The molecule has 0 aliphatic heterocycles. The molecule has 2 heteroatoms. The number of allylic oxidation sites excluding steroid dienone is 1. The first-order valence-corrected chi connectivity index (χ1v) is 5.66. The second-order valence-electron chi connectivity index (χ2n) is 4.26. The number of benzene rings is 2. The number of rotatable bonds is 1. The van der Waals surface area contributed by atoms with Gasteiger partial charge in [-0.25, -0.2) is 0 Å². The van der Waals surface area contributed by atoms with Crippen LogP contribution in [0.2, 0.25) is 0 Å². The molecule has 1 aliphatic carbocycles. The van der Waals surface area contributed by atoms with Gasteiger partial charge >= 0.3 is 0 Å². The van der Waals surface area contributed by atoms with E-state index < -0.39 is 0 Å². The predicted octanol–water partition coefficient (Wildman–Crippen LogP) is 3.29. The van der Waals surface area contributed by atoms with E-state index in [0.29, 0.717) is 11.1 Å². The second-order valence-corrected chi connectivity index (χ2v) is 4.26. The van der Waals surface area contributed by atoms with Crippen molar-refractivity contribution < 1.29 is 9.59 Å². The summed E-state index contributed by atoms with van der Waals surface area (Å²) >= 11 is 0. The third kappa shape index (κ3) is 1.43. The lowest BCUT2D eigenvalue weighted by atomic mass is 10.0. The molecular weight excluding hydrogens is 224 g/mol. The Morgan fingerprint density at radius 1 is 0.722 bits per heavy atom. The Bertz CT molecular complexity index is 681. The zero-order valence-corrected chi connectivity index (χ0v) is 9.64. The van der Waals surface area contributed by atoms with Crippen molar-refractivity contribution in [3.05, 3.63) is 71.8 Å². The molecule has 0 bridgehead atoms. The maximum atomic E-state index is 11.9. The molecular formula is C16H10O2. The van der Waals surface area contributed by atoms with E-state index in [1.807, 2.05) is 36.4 Å². The summed E-state index contributed by atoms with van der Waals surface area (Å²) in [4.78, 5) is 23.6. The number of hydrogen-bond acceptors (Lipinski definition) is 2. The molecule has 0 atom stereocenters. The van der Waals surface area contributed by atoms with Crippen LogP contribution in [0.25, 0.3) is 11.1 Å². The SMILES string of the molecule is C=C1C(=O)c2ccc(-c3ccccc3)cc2C1=O. The van der Waals surface area contributed by atoms with Gasteiger partial charge in [-0.2, -0.15) is 0 Å². The average Bonchev–Trinajstić information content (AvgIpc) is 2.65. The highest BCUT2D eigenvalue weighted by Crippen LogP contribution is 2.29. The molecule has 2 aromatic carbocycles. The Kier molecular flexibility index (Phi) is 2.23. The maximum Gasteiger partial charge on any atom is 0.197 e. The van der Waals surface area contributed by atoms with Crippen molar-refractivity contribution in [3.63, 3.8) is 0 Å². The zero-order valence-electron chi connectivity index (χ0n) is 9.64. The summed E-state index contributed by atoms with van der Waals surface area (Å²) in [5.74, 6) is -0.512. The first-order valence-electron chi connectivity index (χ1n) is 5.66. The van der Waals surface area contributed by atoms with Gasteiger partial charge in [0.05, 0.1) is 5.57 Å². The van der Waals surface area contributed by atoms with E-state index in [1.54, 1.807) is 12.1 Å². The third-order valence-corrected chi connectivity index (χ3v) is 3.16. The summed E-state index contributed by atoms with van der Waals surface area (Å²) in [7, 11) is 0. The Labute approximate surface area is 105 Å². The van der Waals surface area contributed by atoms with Crippen LogP contribution < -0.4 is 0 Å². The minimum atomic E-state index is -0.257. The van der Waals surface area contributed by atoms with E-state index in [4.69, 9.17) is 0 Å². The summed E-state index contributed by atoms with van der Waals surface area (Å²) in [6.07, 6.45) is 0. The van der Waals surface area contributed by atoms with Gasteiger partial charge in [0.1, 0.15) is 0 Å². The normalized spacial score (nSPS) is 13.9. The molecule has 0 saturated heterocycles. The Hall–Kier alpha value is -2.48. The minimum Gasteiger partial charge on any atom is -0.288 e. The fourth-order valence-corrected chi connectivity index (χ4v) is 2.17. The van der Waals surface area contributed by atoms with Crippen LogP contribution in [0.5, 0.6) is 0 Å². The zero-order chi connectivity index (χ0) is 12.7. The quantitative estimate of drug-likeness (QED) is 0.560. The van der Waals surface area contributed by atoms with Crippen molar-refractivity contribution in [1.82, 2.24) is 0 Å². The number of carbonyl (C=O) groups is 2. The fourth-order valence-electron chi connectivity index (χ4n) is 2.17. The van der Waals surface area contributed by atoms with Crippen molar-refractivity contribution in [2.24, 2.45) is 0 Å². The molecule has 0 heterocycles. The monoisotopic (exact) mass is 234 g/mol. The highest BCUT2D eigenvalue weighted by Gasteiger charge is 2.31. The second kappa shape index (κ2) is 3.77. The largest absolute Gasteiger partial charge is 0.288 e. The van der Waals surface area contributed by atoms with Gasteiger partial charge in [0, 0.05) is 11.1 Å². The van der Waals surface area contributed by atoms with Gasteiger partial charge in [0.15, 0.2) is 11.6 Å². The number of carbonyl (C=O) groups excluding carboxylic acids is 2. The van der Waals surface area contributed by atoms with Crippen LogP contribution in [-0.2, 0) is 0 Å². The minimum absolute atomic E-state index is 0.0650. The van der Waals surface area contributed by atoms with E-state index in [-0.39, 0.29) is 17.1 Å². The molecule has 2 aromatic rings. The molecule has 3 rings (SSSR count). The van der Waals surface area contributed by atoms with Gasteiger partial charge in [-0.05, 0) is 23.3 Å². The summed E-state index contributed by atoms with van der Waals surface area (Å²) in [6, 6.07) is 15.1. The van der Waals surface area contributed by atoms with Crippen molar-refractivity contribution in [1.29, 1.82) is 0 Å². The van der Waals surface area contributed by atoms with Gasteiger partial charge in [-0.15, -0.1) is 0 Å². The lowest BCUT2D eigenvalue weighted by Crippen LogP contribution is -1.97. The predicted molar refractivity (Wildman–Crippen MR) is 69.7 cm³/mol. The maximum absolute atomic E-state index is 11.9. The Morgan fingerprint density at radius 3 is 2.11 bits per heavy atom. The molecule has 86 valence electrons. The van der Waals surface area contributed by atoms with Gasteiger partial charge < -0.3 is 0 Å². The molecule has 1 aliphatic rings. The number of fused-ring (bicyclic) bond motifs is 1. The van der Waals surface area contributed by atoms with Gasteiger partial charge in [0.2, 0.25) is 0 Å². The molecule has 18 heavy (non-hydrogen) atoms.